The largest absolute Gasteiger partial charge is 0.493 e. The minimum Gasteiger partial charge on any atom is -0.493 e. The third-order valence-corrected chi connectivity index (χ3v) is 7.85. The maximum atomic E-state index is 11.0. The van der Waals surface area contributed by atoms with Crippen molar-refractivity contribution in [2.24, 2.45) is 0 Å². The van der Waals surface area contributed by atoms with Crippen LogP contribution in [0.3, 0.4) is 0 Å². The topological polar surface area (TPSA) is 65.4 Å². The Balaban J connectivity index is 1.26. The van der Waals surface area contributed by atoms with E-state index in [9.17, 15) is 9.11 Å². The van der Waals surface area contributed by atoms with Gasteiger partial charge in [0.05, 0.1) is 24.2 Å². The molecule has 1 saturated heterocycles. The number of para-hydroxylation sites is 2. The highest BCUT2D eigenvalue weighted by atomic mass is 32.3. The molecule has 0 radical (unpaired) electrons. The first-order valence-electron chi connectivity index (χ1n) is 10.2. The van der Waals surface area contributed by atoms with Gasteiger partial charge in [0.15, 0.2) is 11.5 Å². The summed E-state index contributed by atoms with van der Waals surface area (Å²) in [6.07, 6.45) is 1.03. The fourth-order valence-electron chi connectivity index (χ4n) is 4.45. The van der Waals surface area contributed by atoms with Crippen LogP contribution in [0.4, 0.5) is 5.69 Å². The Morgan fingerprint density at radius 3 is 2.53 bits per heavy atom. The molecule has 0 aromatic heterocycles. The highest BCUT2D eigenvalue weighted by Gasteiger charge is 2.36. The molecule has 30 heavy (non-hydrogen) atoms. The van der Waals surface area contributed by atoms with E-state index >= 15 is 0 Å². The van der Waals surface area contributed by atoms with Crippen molar-refractivity contribution in [3.8, 4) is 11.5 Å². The van der Waals surface area contributed by atoms with Crippen molar-refractivity contribution < 1.29 is 18.6 Å². The highest BCUT2D eigenvalue weighted by Crippen LogP contribution is 2.62. The molecule has 2 aliphatic rings. The van der Waals surface area contributed by atoms with Crippen molar-refractivity contribution in [2.75, 3.05) is 37.6 Å². The number of rotatable bonds is 6. The number of anilines is 1. The predicted octanol–water partition coefficient (Wildman–Crippen LogP) is 4.85. The number of methoxy groups -OCH3 is 1. The number of hydrogen-bond acceptors (Lipinski definition) is 6. The summed E-state index contributed by atoms with van der Waals surface area (Å²) in [5.74, 6) is 1.51. The lowest BCUT2D eigenvalue weighted by molar-refractivity contribution is 0.194. The minimum absolute atomic E-state index is 0.0980. The van der Waals surface area contributed by atoms with E-state index in [1.807, 2.05) is 60.7 Å². The molecular weight excluding hydrogens is 400 g/mol. The van der Waals surface area contributed by atoms with Crippen molar-refractivity contribution in [1.29, 1.82) is 0 Å². The van der Waals surface area contributed by atoms with E-state index in [0.717, 1.165) is 54.0 Å². The quantitative estimate of drug-likeness (QED) is 0.588. The van der Waals surface area contributed by atoms with Gasteiger partial charge in [-0.05, 0) is 36.1 Å². The summed E-state index contributed by atoms with van der Waals surface area (Å²) in [5.41, 5.74) is 0.907. The maximum Gasteiger partial charge on any atom is 0.161 e. The van der Waals surface area contributed by atoms with Crippen molar-refractivity contribution in [1.82, 2.24) is 4.90 Å². The summed E-state index contributed by atoms with van der Waals surface area (Å²) >= 11 is 0. The summed E-state index contributed by atoms with van der Waals surface area (Å²) in [6.45, 7) is 3.02. The van der Waals surface area contributed by atoms with Crippen molar-refractivity contribution in [2.45, 2.75) is 17.4 Å². The lowest BCUT2D eigenvalue weighted by Crippen LogP contribution is -2.35. The van der Waals surface area contributed by atoms with Gasteiger partial charge >= 0.3 is 0 Å². The van der Waals surface area contributed by atoms with Gasteiger partial charge in [-0.1, -0.05) is 47.2 Å². The van der Waals surface area contributed by atoms with Gasteiger partial charge in [-0.2, -0.15) is 0 Å². The second-order valence-corrected chi connectivity index (χ2v) is 9.65. The Hall–Kier alpha value is -2.45. The van der Waals surface area contributed by atoms with Crippen molar-refractivity contribution in [3.05, 3.63) is 60.7 Å². The third kappa shape index (κ3) is 3.28. The summed E-state index contributed by atoms with van der Waals surface area (Å²) in [7, 11) is -1.35. The number of likely N-dealkylation sites (tertiary alicyclic amines) is 1. The zero-order valence-electron chi connectivity index (χ0n) is 16.9. The molecule has 1 fully saturated rings. The molecule has 7 heteroatoms. The van der Waals surface area contributed by atoms with E-state index in [-0.39, 0.29) is 6.10 Å². The number of nitrogens with zero attached hydrogens (tertiary/aromatic N) is 2. The van der Waals surface area contributed by atoms with Crippen LogP contribution >= 0.6 is 10.8 Å². The zero-order valence-corrected chi connectivity index (χ0v) is 17.7. The SMILES string of the molecule is COc1ccccc1OC1CCN(CCN2c3cccc4cccc(c34)S2(O)O)C1. The van der Waals surface area contributed by atoms with Gasteiger partial charge in [-0.3, -0.25) is 18.3 Å². The Kier molecular flexibility index (Phi) is 4.99. The lowest BCUT2D eigenvalue weighted by Gasteiger charge is -2.40. The van der Waals surface area contributed by atoms with Crippen LogP contribution in [0.5, 0.6) is 11.5 Å². The van der Waals surface area contributed by atoms with E-state index in [2.05, 4.69) is 4.90 Å². The first-order chi connectivity index (χ1) is 14.6. The van der Waals surface area contributed by atoms with E-state index in [4.69, 9.17) is 9.47 Å². The van der Waals surface area contributed by atoms with Crippen LogP contribution in [0, 0.1) is 0 Å². The summed E-state index contributed by atoms with van der Waals surface area (Å²) in [5, 5.41) is 2.00. The van der Waals surface area contributed by atoms with Gasteiger partial charge in [-0.25, -0.2) is 0 Å². The average molecular weight is 427 g/mol. The molecule has 2 N–H and O–H groups in total. The molecule has 0 bridgehead atoms. The molecule has 0 spiro atoms. The molecule has 0 amide bonds. The van der Waals surface area contributed by atoms with Crippen LogP contribution in [-0.2, 0) is 0 Å². The Morgan fingerprint density at radius 2 is 1.73 bits per heavy atom. The molecule has 2 aliphatic heterocycles. The van der Waals surface area contributed by atoms with Gasteiger partial charge in [0.25, 0.3) is 0 Å². The van der Waals surface area contributed by atoms with E-state index in [1.165, 1.54) is 0 Å². The van der Waals surface area contributed by atoms with E-state index in [0.29, 0.717) is 11.4 Å². The van der Waals surface area contributed by atoms with Crippen LogP contribution in [0.15, 0.2) is 65.6 Å². The van der Waals surface area contributed by atoms with Gasteiger partial charge in [0, 0.05) is 25.0 Å². The fraction of sp³-hybridized carbons (Fsp3) is 0.304. The first kappa shape index (κ1) is 19.5. The summed E-state index contributed by atoms with van der Waals surface area (Å²) in [6, 6.07) is 19.4. The molecule has 0 saturated carbocycles. The molecule has 158 valence electrons. The Labute approximate surface area is 178 Å². The average Bonchev–Trinajstić information content (AvgIpc) is 3.29. The monoisotopic (exact) mass is 426 g/mol. The minimum atomic E-state index is -3.00. The van der Waals surface area contributed by atoms with Crippen LogP contribution in [0.1, 0.15) is 6.42 Å². The van der Waals surface area contributed by atoms with E-state index < -0.39 is 10.8 Å². The Morgan fingerprint density at radius 1 is 0.967 bits per heavy atom. The molecule has 1 atom stereocenters. The molecule has 3 aromatic rings. The standard InChI is InChI=1S/C23H26N2O4S/c1-28-20-9-2-3-10-21(20)29-18-12-13-24(16-18)14-15-25-19-8-4-6-17-7-5-11-22(23(17)19)30(25,26)27/h2-11,18,26-27H,12-16H2,1H3. The predicted molar refractivity (Wildman–Crippen MR) is 121 cm³/mol. The second-order valence-electron chi connectivity index (χ2n) is 7.73. The molecule has 6 nitrogen and oxygen atoms in total. The van der Waals surface area contributed by atoms with Crippen LogP contribution in [0.2, 0.25) is 0 Å². The van der Waals surface area contributed by atoms with Crippen LogP contribution < -0.4 is 13.8 Å². The molecule has 3 aromatic carbocycles. The lowest BCUT2D eigenvalue weighted by atomic mass is 10.1. The fourth-order valence-corrected chi connectivity index (χ4v) is 6.21. The zero-order chi connectivity index (χ0) is 20.7. The normalized spacial score (nSPS) is 21.2. The van der Waals surface area contributed by atoms with Crippen LogP contribution in [-0.4, -0.2) is 53.4 Å². The molecule has 5 rings (SSSR count). The summed E-state index contributed by atoms with van der Waals surface area (Å²) in [4.78, 5) is 2.95. The highest BCUT2D eigenvalue weighted by molar-refractivity contribution is 8.26. The van der Waals surface area contributed by atoms with Gasteiger partial charge < -0.3 is 9.47 Å². The van der Waals surface area contributed by atoms with E-state index in [1.54, 1.807) is 11.4 Å². The van der Waals surface area contributed by atoms with Crippen molar-refractivity contribution >= 4 is 27.2 Å². The van der Waals surface area contributed by atoms with Gasteiger partial charge in [0.1, 0.15) is 6.10 Å². The number of hydrogen-bond donors (Lipinski definition) is 2. The number of benzene rings is 3. The molecule has 1 unspecified atom stereocenters. The molecule has 2 heterocycles. The third-order valence-electron chi connectivity index (χ3n) is 5.93. The molecular formula is C23H26N2O4S. The van der Waals surface area contributed by atoms with Gasteiger partial charge in [-0.15, -0.1) is 0 Å². The summed E-state index contributed by atoms with van der Waals surface area (Å²) < 4.78 is 35.3. The van der Waals surface area contributed by atoms with Gasteiger partial charge in [0.2, 0.25) is 0 Å². The second kappa shape index (κ2) is 7.67. The van der Waals surface area contributed by atoms with Crippen molar-refractivity contribution in [3.63, 3.8) is 0 Å². The smallest absolute Gasteiger partial charge is 0.161 e. The Bertz CT molecular complexity index is 1070. The first-order valence-corrected chi connectivity index (χ1v) is 11.7. The molecule has 0 aliphatic carbocycles. The van der Waals surface area contributed by atoms with Crippen LogP contribution in [0.25, 0.3) is 10.8 Å². The maximum absolute atomic E-state index is 11.0. The number of ether oxygens (including phenoxy) is 2.